The van der Waals surface area contributed by atoms with Crippen molar-refractivity contribution in [2.45, 2.75) is 25.9 Å². The van der Waals surface area contributed by atoms with E-state index in [1.807, 2.05) is 24.3 Å². The Kier molecular flexibility index (Phi) is 9.11. The topological polar surface area (TPSA) is 120 Å². The zero-order chi connectivity index (χ0) is 25.4. The summed E-state index contributed by atoms with van der Waals surface area (Å²) in [7, 11) is 1.60. The van der Waals surface area contributed by atoms with Crippen molar-refractivity contribution in [2.75, 3.05) is 26.7 Å². The molecule has 1 heterocycles. The SMILES string of the molecule is COc1ccc(CNC(=O)CNCCCN2C(=O)NC(C)=C(C(=O)O)C2c2cccc(Cl)c2)cc1. The number of ether oxygens (including phenoxy) is 1. The molecule has 3 amide bonds. The van der Waals surface area contributed by atoms with E-state index in [1.54, 1.807) is 38.3 Å². The molecule has 0 radical (unpaired) electrons. The lowest BCUT2D eigenvalue weighted by Crippen LogP contribution is -2.49. The fraction of sp³-hybridized carbons (Fsp3) is 0.320. The predicted molar refractivity (Wildman–Crippen MR) is 132 cm³/mol. The van der Waals surface area contributed by atoms with E-state index in [-0.39, 0.29) is 30.6 Å². The number of allylic oxidation sites excluding steroid dienone is 1. The van der Waals surface area contributed by atoms with Gasteiger partial charge in [-0.2, -0.15) is 0 Å². The van der Waals surface area contributed by atoms with Crippen LogP contribution in [-0.4, -0.2) is 54.7 Å². The lowest BCUT2D eigenvalue weighted by Gasteiger charge is -2.37. The number of carboxylic acids is 1. The number of methoxy groups -OCH3 is 1. The van der Waals surface area contributed by atoms with Crippen LogP contribution in [0, 0.1) is 0 Å². The second-order valence-corrected chi connectivity index (χ2v) is 8.52. The van der Waals surface area contributed by atoms with Gasteiger partial charge in [-0.05, 0) is 55.3 Å². The summed E-state index contributed by atoms with van der Waals surface area (Å²) in [5.74, 6) is -0.507. The molecule has 0 fully saturated rings. The van der Waals surface area contributed by atoms with Gasteiger partial charge in [-0.1, -0.05) is 35.9 Å². The van der Waals surface area contributed by atoms with E-state index in [0.717, 1.165) is 11.3 Å². The quantitative estimate of drug-likeness (QED) is 0.352. The number of carbonyl (C=O) groups excluding carboxylic acids is 2. The number of rotatable bonds is 11. The summed E-state index contributed by atoms with van der Waals surface area (Å²) in [6.07, 6.45) is 0.516. The molecule has 1 aliphatic heterocycles. The number of nitrogens with one attached hydrogen (secondary N) is 3. The van der Waals surface area contributed by atoms with Crippen molar-refractivity contribution in [3.8, 4) is 5.75 Å². The summed E-state index contributed by atoms with van der Waals surface area (Å²) >= 11 is 6.13. The summed E-state index contributed by atoms with van der Waals surface area (Å²) in [6.45, 7) is 2.85. The first-order chi connectivity index (χ1) is 16.8. The lowest BCUT2D eigenvalue weighted by atomic mass is 9.93. The number of nitrogens with zero attached hydrogens (tertiary/aromatic N) is 1. The van der Waals surface area contributed by atoms with Gasteiger partial charge in [0.1, 0.15) is 5.75 Å². The van der Waals surface area contributed by atoms with E-state index in [9.17, 15) is 19.5 Å². The summed E-state index contributed by atoms with van der Waals surface area (Å²) in [4.78, 5) is 38.3. The maximum Gasteiger partial charge on any atom is 0.335 e. The second-order valence-electron chi connectivity index (χ2n) is 8.08. The Hall–Kier alpha value is -3.56. The first-order valence-electron chi connectivity index (χ1n) is 11.2. The molecule has 186 valence electrons. The van der Waals surface area contributed by atoms with Gasteiger partial charge in [0.15, 0.2) is 0 Å². The number of aliphatic carboxylic acids is 1. The van der Waals surface area contributed by atoms with Gasteiger partial charge in [0.25, 0.3) is 0 Å². The largest absolute Gasteiger partial charge is 0.497 e. The minimum absolute atomic E-state index is 0.0951. The second kappa shape index (κ2) is 12.2. The number of hydrogen-bond donors (Lipinski definition) is 4. The molecule has 0 bridgehead atoms. The Morgan fingerprint density at radius 3 is 2.60 bits per heavy atom. The van der Waals surface area contributed by atoms with Gasteiger partial charge in [0.2, 0.25) is 5.91 Å². The third kappa shape index (κ3) is 6.97. The number of carbonyl (C=O) groups is 3. The van der Waals surface area contributed by atoms with Gasteiger partial charge in [-0.25, -0.2) is 9.59 Å². The Morgan fingerprint density at radius 2 is 1.94 bits per heavy atom. The molecule has 1 atom stereocenters. The molecule has 9 nitrogen and oxygen atoms in total. The van der Waals surface area contributed by atoms with Crippen molar-refractivity contribution in [3.05, 3.63) is 76.0 Å². The molecular formula is C25H29ClN4O5. The van der Waals surface area contributed by atoms with E-state index in [4.69, 9.17) is 16.3 Å². The van der Waals surface area contributed by atoms with E-state index in [1.165, 1.54) is 4.90 Å². The predicted octanol–water partition coefficient (Wildman–Crippen LogP) is 3.07. The van der Waals surface area contributed by atoms with Crippen LogP contribution in [0.15, 0.2) is 59.8 Å². The Morgan fingerprint density at radius 1 is 1.20 bits per heavy atom. The summed E-state index contributed by atoms with van der Waals surface area (Å²) in [5.41, 5.74) is 1.97. The molecule has 0 saturated heterocycles. The molecule has 2 aromatic rings. The third-order valence-electron chi connectivity index (χ3n) is 5.63. The molecule has 35 heavy (non-hydrogen) atoms. The molecule has 10 heteroatoms. The van der Waals surface area contributed by atoms with Crippen LogP contribution in [0.1, 0.15) is 30.5 Å². The molecule has 2 aromatic carbocycles. The standard InChI is InChI=1S/C25H29ClN4O5/c1-16-22(24(32)33)23(18-5-3-6-19(26)13-18)30(25(34)29-16)12-4-11-27-15-21(31)28-14-17-7-9-20(35-2)10-8-17/h3,5-10,13,23,27H,4,11-12,14-15H2,1-2H3,(H,28,31)(H,29,34)(H,32,33). The summed E-state index contributed by atoms with van der Waals surface area (Å²) in [5, 5.41) is 18.8. The molecule has 0 saturated carbocycles. The van der Waals surface area contributed by atoms with Crippen LogP contribution in [0.5, 0.6) is 5.75 Å². The average Bonchev–Trinajstić information content (AvgIpc) is 2.83. The highest BCUT2D eigenvalue weighted by atomic mass is 35.5. The van der Waals surface area contributed by atoms with Crippen molar-refractivity contribution >= 4 is 29.5 Å². The van der Waals surface area contributed by atoms with Crippen LogP contribution < -0.4 is 20.7 Å². The van der Waals surface area contributed by atoms with Crippen molar-refractivity contribution in [1.82, 2.24) is 20.9 Å². The smallest absolute Gasteiger partial charge is 0.335 e. The van der Waals surface area contributed by atoms with Gasteiger partial charge in [0, 0.05) is 23.8 Å². The van der Waals surface area contributed by atoms with Crippen molar-refractivity contribution in [3.63, 3.8) is 0 Å². The minimum Gasteiger partial charge on any atom is -0.497 e. The molecular weight excluding hydrogens is 472 g/mol. The Labute approximate surface area is 209 Å². The third-order valence-corrected chi connectivity index (χ3v) is 5.86. The highest BCUT2D eigenvalue weighted by molar-refractivity contribution is 6.30. The van der Waals surface area contributed by atoms with Crippen molar-refractivity contribution < 1.29 is 24.2 Å². The van der Waals surface area contributed by atoms with Gasteiger partial charge in [-0.15, -0.1) is 0 Å². The van der Waals surface area contributed by atoms with Crippen molar-refractivity contribution in [1.29, 1.82) is 0 Å². The lowest BCUT2D eigenvalue weighted by molar-refractivity contribution is -0.133. The molecule has 1 aliphatic rings. The number of benzene rings is 2. The van der Waals surface area contributed by atoms with E-state index in [0.29, 0.717) is 35.8 Å². The fourth-order valence-corrected chi connectivity index (χ4v) is 4.09. The van der Waals surface area contributed by atoms with Gasteiger partial charge in [0.05, 0.1) is 25.3 Å². The van der Waals surface area contributed by atoms with E-state index in [2.05, 4.69) is 16.0 Å². The molecule has 1 unspecified atom stereocenters. The monoisotopic (exact) mass is 500 g/mol. The van der Waals surface area contributed by atoms with Crippen LogP contribution >= 0.6 is 11.6 Å². The van der Waals surface area contributed by atoms with Crippen molar-refractivity contribution in [2.24, 2.45) is 0 Å². The number of carboxylic acid groups (broad SMARTS) is 1. The molecule has 0 aliphatic carbocycles. The Balaban J connectivity index is 1.53. The highest BCUT2D eigenvalue weighted by Crippen LogP contribution is 2.34. The summed E-state index contributed by atoms with van der Waals surface area (Å²) in [6, 6.07) is 13.1. The van der Waals surface area contributed by atoms with E-state index < -0.39 is 12.0 Å². The number of halogens is 1. The van der Waals surface area contributed by atoms with Gasteiger partial charge >= 0.3 is 12.0 Å². The molecule has 4 N–H and O–H groups in total. The maximum atomic E-state index is 12.7. The summed E-state index contributed by atoms with van der Waals surface area (Å²) < 4.78 is 5.12. The van der Waals surface area contributed by atoms with Crippen LogP contribution in [0.2, 0.25) is 5.02 Å². The first kappa shape index (κ1) is 26.1. The van der Waals surface area contributed by atoms with Crippen LogP contribution in [0.3, 0.4) is 0 Å². The molecule has 0 aromatic heterocycles. The van der Waals surface area contributed by atoms with Crippen LogP contribution in [0.25, 0.3) is 0 Å². The normalized spacial score (nSPS) is 15.6. The molecule has 0 spiro atoms. The van der Waals surface area contributed by atoms with Crippen LogP contribution in [-0.2, 0) is 16.1 Å². The Bertz CT molecular complexity index is 1100. The fourth-order valence-electron chi connectivity index (χ4n) is 3.89. The zero-order valence-electron chi connectivity index (χ0n) is 19.6. The average molecular weight is 501 g/mol. The maximum absolute atomic E-state index is 12.7. The first-order valence-corrected chi connectivity index (χ1v) is 11.6. The minimum atomic E-state index is -1.11. The van der Waals surface area contributed by atoms with E-state index >= 15 is 0 Å². The number of urea groups is 1. The zero-order valence-corrected chi connectivity index (χ0v) is 20.4. The van der Waals surface area contributed by atoms with Crippen LogP contribution in [0.4, 0.5) is 4.79 Å². The number of amides is 3. The number of hydrogen-bond acceptors (Lipinski definition) is 5. The molecule has 3 rings (SSSR count). The highest BCUT2D eigenvalue weighted by Gasteiger charge is 2.37. The van der Waals surface area contributed by atoms with Gasteiger partial charge in [-0.3, -0.25) is 4.79 Å². The van der Waals surface area contributed by atoms with Gasteiger partial charge < -0.3 is 30.7 Å².